The molecule has 2 heterocycles. The normalized spacial score (nSPS) is 11.0. The van der Waals surface area contributed by atoms with E-state index in [1.807, 2.05) is 13.0 Å². The van der Waals surface area contributed by atoms with E-state index in [4.69, 9.17) is 13.6 Å². The number of hydrogen-bond donors (Lipinski definition) is 1. The molecule has 0 radical (unpaired) electrons. The van der Waals surface area contributed by atoms with Crippen molar-refractivity contribution in [3.63, 3.8) is 0 Å². The second kappa shape index (κ2) is 6.68. The van der Waals surface area contributed by atoms with E-state index in [9.17, 15) is 9.90 Å². The molecular weight excluding hydrogens is 344 g/mol. The number of rotatable bonds is 4. The van der Waals surface area contributed by atoms with Gasteiger partial charge in [-0.2, -0.15) is 0 Å². The van der Waals surface area contributed by atoms with Gasteiger partial charge in [0.2, 0.25) is 0 Å². The van der Waals surface area contributed by atoms with E-state index >= 15 is 0 Å². The summed E-state index contributed by atoms with van der Waals surface area (Å²) in [5.41, 5.74) is 2.49. The minimum absolute atomic E-state index is 0.0711. The quantitative estimate of drug-likeness (QED) is 0.571. The number of benzene rings is 2. The van der Waals surface area contributed by atoms with Crippen molar-refractivity contribution < 1.29 is 18.7 Å². The lowest BCUT2D eigenvalue weighted by Gasteiger charge is -2.07. The van der Waals surface area contributed by atoms with E-state index in [2.05, 4.69) is 0 Å². The lowest BCUT2D eigenvalue weighted by Crippen LogP contribution is -2.02. The molecule has 2 aromatic carbocycles. The fourth-order valence-corrected chi connectivity index (χ4v) is 3.08. The highest BCUT2D eigenvalue weighted by atomic mass is 16.5. The summed E-state index contributed by atoms with van der Waals surface area (Å²) in [5, 5.41) is 10.8. The molecule has 5 heteroatoms. The van der Waals surface area contributed by atoms with Crippen LogP contribution in [0.1, 0.15) is 16.9 Å². The zero-order valence-electron chi connectivity index (χ0n) is 15.0. The van der Waals surface area contributed by atoms with Gasteiger partial charge < -0.3 is 18.7 Å². The van der Waals surface area contributed by atoms with Gasteiger partial charge in [-0.25, -0.2) is 0 Å². The van der Waals surface area contributed by atoms with Crippen molar-refractivity contribution in [2.45, 2.75) is 13.3 Å². The molecule has 0 saturated carbocycles. The summed E-state index contributed by atoms with van der Waals surface area (Å²) in [6.45, 7) is 1.94. The molecule has 2 aromatic heterocycles. The van der Waals surface area contributed by atoms with E-state index in [0.717, 1.165) is 22.5 Å². The fraction of sp³-hybridized carbons (Fsp3) is 0.136. The number of fused-ring (bicyclic) bond motifs is 1. The second-order valence-electron chi connectivity index (χ2n) is 6.46. The van der Waals surface area contributed by atoms with Crippen molar-refractivity contribution in [1.29, 1.82) is 0 Å². The van der Waals surface area contributed by atoms with Crippen molar-refractivity contribution in [2.75, 3.05) is 7.11 Å². The molecule has 4 rings (SSSR count). The number of aromatic hydroxyl groups is 1. The van der Waals surface area contributed by atoms with Gasteiger partial charge in [0.1, 0.15) is 17.3 Å². The van der Waals surface area contributed by atoms with Gasteiger partial charge in [0.15, 0.2) is 16.8 Å². The number of phenols is 1. The van der Waals surface area contributed by atoms with Crippen LogP contribution in [0.3, 0.4) is 0 Å². The molecule has 0 aliphatic heterocycles. The Morgan fingerprint density at radius 3 is 2.52 bits per heavy atom. The van der Waals surface area contributed by atoms with E-state index in [-0.39, 0.29) is 16.8 Å². The first-order valence-electron chi connectivity index (χ1n) is 8.51. The minimum Gasteiger partial charge on any atom is -0.504 e. The smallest absolute Gasteiger partial charge is 0.193 e. The van der Waals surface area contributed by atoms with Crippen LogP contribution in [0.4, 0.5) is 0 Å². The zero-order chi connectivity index (χ0) is 19.0. The lowest BCUT2D eigenvalue weighted by atomic mass is 10.1. The van der Waals surface area contributed by atoms with Gasteiger partial charge in [0.25, 0.3) is 0 Å². The molecule has 0 spiro atoms. The molecular formula is C22H18O5. The monoisotopic (exact) mass is 362 g/mol. The van der Waals surface area contributed by atoms with Crippen LogP contribution in [0.5, 0.6) is 11.5 Å². The maximum Gasteiger partial charge on any atom is 0.193 e. The largest absolute Gasteiger partial charge is 0.504 e. The average molecular weight is 362 g/mol. The van der Waals surface area contributed by atoms with Crippen LogP contribution in [0.15, 0.2) is 68.4 Å². The van der Waals surface area contributed by atoms with E-state index < -0.39 is 0 Å². The molecule has 4 aromatic rings. The van der Waals surface area contributed by atoms with Gasteiger partial charge >= 0.3 is 0 Å². The summed E-state index contributed by atoms with van der Waals surface area (Å²) in [7, 11) is 1.59. The maximum atomic E-state index is 12.6. The Labute approximate surface area is 155 Å². The van der Waals surface area contributed by atoms with Crippen LogP contribution < -0.4 is 10.2 Å². The Kier molecular flexibility index (Phi) is 4.20. The Morgan fingerprint density at radius 2 is 1.85 bits per heavy atom. The van der Waals surface area contributed by atoms with E-state index in [1.54, 1.807) is 49.8 Å². The zero-order valence-corrected chi connectivity index (χ0v) is 15.0. The summed E-state index contributed by atoms with van der Waals surface area (Å²) in [6.07, 6.45) is 2.16. The van der Waals surface area contributed by atoms with E-state index in [1.165, 1.54) is 6.07 Å². The number of furan rings is 1. The lowest BCUT2D eigenvalue weighted by molar-refractivity contribution is 0.415. The predicted molar refractivity (Wildman–Crippen MR) is 102 cm³/mol. The summed E-state index contributed by atoms with van der Waals surface area (Å²) < 4.78 is 16.4. The Morgan fingerprint density at radius 1 is 1.07 bits per heavy atom. The van der Waals surface area contributed by atoms with Crippen molar-refractivity contribution in [2.24, 2.45) is 0 Å². The van der Waals surface area contributed by atoms with Crippen molar-refractivity contribution in [3.05, 3.63) is 81.9 Å². The topological polar surface area (TPSA) is 72.8 Å². The molecule has 136 valence electrons. The standard InChI is InChI=1S/C22H18O5/c1-13-7-17(26-12-13)8-14-9-18-19(23)11-21(27-22(18)20(24)10-14)15-3-5-16(25-2)6-4-15/h3-7,9-12,24H,8H2,1-2H3. The average Bonchev–Trinajstić information content (AvgIpc) is 3.07. The Balaban J connectivity index is 1.77. The first kappa shape index (κ1) is 17.0. The first-order chi connectivity index (χ1) is 13.0. The molecule has 0 bridgehead atoms. The van der Waals surface area contributed by atoms with Crippen molar-refractivity contribution >= 4 is 11.0 Å². The number of phenolic OH excluding ortho intramolecular Hbond substituents is 1. The first-order valence-corrected chi connectivity index (χ1v) is 8.51. The van der Waals surface area contributed by atoms with Crippen LogP contribution in [-0.4, -0.2) is 12.2 Å². The van der Waals surface area contributed by atoms with Gasteiger partial charge in [0, 0.05) is 18.1 Å². The summed E-state index contributed by atoms with van der Waals surface area (Å²) in [5.74, 6) is 1.80. The van der Waals surface area contributed by atoms with E-state index in [0.29, 0.717) is 23.3 Å². The maximum absolute atomic E-state index is 12.6. The van der Waals surface area contributed by atoms with Gasteiger partial charge in [-0.15, -0.1) is 0 Å². The van der Waals surface area contributed by atoms with Gasteiger partial charge in [0.05, 0.1) is 18.8 Å². The van der Waals surface area contributed by atoms with Crippen LogP contribution in [0.25, 0.3) is 22.3 Å². The fourth-order valence-electron chi connectivity index (χ4n) is 3.08. The molecule has 0 atom stereocenters. The predicted octanol–water partition coefficient (Wildman–Crippen LogP) is 4.67. The van der Waals surface area contributed by atoms with Crippen LogP contribution in [0, 0.1) is 6.92 Å². The molecule has 0 aliphatic rings. The molecule has 0 saturated heterocycles. The number of ether oxygens (including phenoxy) is 1. The third-order valence-corrected chi connectivity index (χ3v) is 4.41. The third-order valence-electron chi connectivity index (χ3n) is 4.41. The highest BCUT2D eigenvalue weighted by Gasteiger charge is 2.13. The number of aryl methyl sites for hydroxylation is 1. The third kappa shape index (κ3) is 3.31. The van der Waals surface area contributed by atoms with Crippen LogP contribution >= 0.6 is 0 Å². The summed E-state index contributed by atoms with van der Waals surface area (Å²) in [4.78, 5) is 12.6. The van der Waals surface area contributed by atoms with Gasteiger partial charge in [-0.1, -0.05) is 0 Å². The Hall–Kier alpha value is -3.47. The molecule has 0 unspecified atom stereocenters. The summed E-state index contributed by atoms with van der Waals surface area (Å²) in [6, 6.07) is 13.9. The molecule has 27 heavy (non-hydrogen) atoms. The number of hydrogen-bond acceptors (Lipinski definition) is 5. The number of methoxy groups -OCH3 is 1. The van der Waals surface area contributed by atoms with Crippen molar-refractivity contribution in [3.8, 4) is 22.8 Å². The molecule has 5 nitrogen and oxygen atoms in total. The summed E-state index contributed by atoms with van der Waals surface area (Å²) >= 11 is 0. The molecule has 1 N–H and O–H groups in total. The van der Waals surface area contributed by atoms with Gasteiger partial charge in [-0.3, -0.25) is 4.79 Å². The highest BCUT2D eigenvalue weighted by molar-refractivity contribution is 5.84. The van der Waals surface area contributed by atoms with Gasteiger partial charge in [-0.05, 0) is 60.5 Å². The highest BCUT2D eigenvalue weighted by Crippen LogP contribution is 2.30. The second-order valence-corrected chi connectivity index (χ2v) is 6.46. The Bertz CT molecular complexity index is 1170. The van der Waals surface area contributed by atoms with Crippen LogP contribution in [0.2, 0.25) is 0 Å². The minimum atomic E-state index is -0.213. The van der Waals surface area contributed by atoms with Crippen molar-refractivity contribution in [1.82, 2.24) is 0 Å². The van der Waals surface area contributed by atoms with Crippen LogP contribution in [-0.2, 0) is 6.42 Å². The molecule has 0 aliphatic carbocycles. The SMILES string of the molecule is COc1ccc(-c2cc(=O)c3cc(Cc4cc(C)co4)cc(O)c3o2)cc1. The molecule has 0 amide bonds. The molecule has 0 fully saturated rings.